The van der Waals surface area contributed by atoms with Gasteiger partial charge in [0.1, 0.15) is 12.4 Å². The molecule has 0 aliphatic heterocycles. The van der Waals surface area contributed by atoms with Gasteiger partial charge in [-0.25, -0.2) is 0 Å². The molecule has 0 unspecified atom stereocenters. The van der Waals surface area contributed by atoms with Gasteiger partial charge in [0.25, 0.3) is 0 Å². The SMILES string of the molecule is Cl.O[C@H](CN(Cc1ccccc1)Cc1ccccc1)c1cccc(OCCOCc2ccccc2)c1. The molecule has 0 saturated heterocycles. The molecule has 0 fully saturated rings. The molecule has 4 aromatic rings. The van der Waals surface area contributed by atoms with E-state index in [4.69, 9.17) is 9.47 Å². The van der Waals surface area contributed by atoms with E-state index in [0.29, 0.717) is 26.4 Å². The Labute approximate surface area is 220 Å². The summed E-state index contributed by atoms with van der Waals surface area (Å²) in [6, 6.07) is 38.6. The highest BCUT2D eigenvalue weighted by molar-refractivity contribution is 5.85. The van der Waals surface area contributed by atoms with Crippen LogP contribution in [0, 0.1) is 0 Å². The number of benzene rings is 4. The molecule has 0 aromatic heterocycles. The van der Waals surface area contributed by atoms with Gasteiger partial charge in [0.2, 0.25) is 0 Å². The van der Waals surface area contributed by atoms with Crippen LogP contribution < -0.4 is 4.74 Å². The van der Waals surface area contributed by atoms with Crippen LogP contribution >= 0.6 is 12.4 Å². The molecule has 0 bridgehead atoms. The third-order valence-electron chi connectivity index (χ3n) is 5.78. The lowest BCUT2D eigenvalue weighted by Gasteiger charge is -2.26. The molecule has 0 amide bonds. The van der Waals surface area contributed by atoms with Crippen LogP contribution in [0.5, 0.6) is 5.75 Å². The van der Waals surface area contributed by atoms with Crippen molar-refractivity contribution in [3.63, 3.8) is 0 Å². The zero-order valence-electron chi connectivity index (χ0n) is 20.4. The fourth-order valence-corrected chi connectivity index (χ4v) is 4.01. The summed E-state index contributed by atoms with van der Waals surface area (Å²) in [6.07, 6.45) is -0.625. The minimum atomic E-state index is -0.625. The highest BCUT2D eigenvalue weighted by Crippen LogP contribution is 2.22. The highest BCUT2D eigenvalue weighted by Gasteiger charge is 2.15. The lowest BCUT2D eigenvalue weighted by molar-refractivity contribution is 0.0883. The van der Waals surface area contributed by atoms with Gasteiger partial charge in [-0.05, 0) is 34.4 Å². The summed E-state index contributed by atoms with van der Waals surface area (Å²) in [4.78, 5) is 2.28. The van der Waals surface area contributed by atoms with Crippen molar-refractivity contribution in [1.82, 2.24) is 4.90 Å². The van der Waals surface area contributed by atoms with Crippen LogP contribution in [0.1, 0.15) is 28.4 Å². The first-order chi connectivity index (χ1) is 17.3. The van der Waals surface area contributed by atoms with Crippen molar-refractivity contribution >= 4 is 12.4 Å². The number of rotatable bonds is 13. The molecule has 0 saturated carbocycles. The molecule has 4 aromatic carbocycles. The summed E-state index contributed by atoms with van der Waals surface area (Å²) in [5.74, 6) is 0.738. The van der Waals surface area contributed by atoms with Crippen LogP contribution in [-0.2, 0) is 24.4 Å². The van der Waals surface area contributed by atoms with Crippen LogP contribution in [0.15, 0.2) is 115 Å². The second-order valence-corrected chi connectivity index (χ2v) is 8.62. The average Bonchev–Trinajstić information content (AvgIpc) is 2.90. The van der Waals surface area contributed by atoms with E-state index in [1.165, 1.54) is 11.1 Å². The molecule has 1 N–H and O–H groups in total. The highest BCUT2D eigenvalue weighted by atomic mass is 35.5. The van der Waals surface area contributed by atoms with Crippen molar-refractivity contribution in [2.45, 2.75) is 25.8 Å². The van der Waals surface area contributed by atoms with E-state index in [9.17, 15) is 5.11 Å². The maximum atomic E-state index is 11.1. The number of hydrogen-bond donors (Lipinski definition) is 1. The molecule has 4 nitrogen and oxygen atoms in total. The molecular formula is C31H34ClNO3. The number of aliphatic hydroxyl groups excluding tert-OH is 1. The molecule has 188 valence electrons. The number of hydrogen-bond acceptors (Lipinski definition) is 4. The van der Waals surface area contributed by atoms with Gasteiger partial charge in [-0.15, -0.1) is 12.4 Å². The van der Waals surface area contributed by atoms with Gasteiger partial charge in [0.05, 0.1) is 19.3 Å². The first-order valence-electron chi connectivity index (χ1n) is 12.1. The van der Waals surface area contributed by atoms with Crippen LogP contribution in [0.25, 0.3) is 0 Å². The number of halogens is 1. The van der Waals surface area contributed by atoms with Crippen molar-refractivity contribution in [3.8, 4) is 5.75 Å². The quantitative estimate of drug-likeness (QED) is 0.213. The summed E-state index contributed by atoms with van der Waals surface area (Å²) in [7, 11) is 0. The van der Waals surface area contributed by atoms with E-state index >= 15 is 0 Å². The van der Waals surface area contributed by atoms with Crippen LogP contribution in [0.4, 0.5) is 0 Å². The van der Waals surface area contributed by atoms with Crippen LogP contribution in [0.3, 0.4) is 0 Å². The minimum absolute atomic E-state index is 0. The predicted molar refractivity (Wildman–Crippen MR) is 147 cm³/mol. The van der Waals surface area contributed by atoms with E-state index in [1.54, 1.807) is 0 Å². The Morgan fingerprint density at radius 3 is 1.78 bits per heavy atom. The molecule has 0 heterocycles. The topological polar surface area (TPSA) is 41.9 Å². The Kier molecular flexibility index (Phi) is 11.5. The fraction of sp³-hybridized carbons (Fsp3) is 0.226. The number of ether oxygens (including phenoxy) is 2. The second kappa shape index (κ2) is 15.1. The Balaban J connectivity index is 0.00000361. The fourth-order valence-electron chi connectivity index (χ4n) is 4.01. The van der Waals surface area contributed by atoms with Crippen molar-refractivity contribution in [3.05, 3.63) is 138 Å². The predicted octanol–water partition coefficient (Wildman–Crippen LogP) is 6.44. The van der Waals surface area contributed by atoms with Crippen LogP contribution in [0.2, 0.25) is 0 Å². The normalized spacial score (nSPS) is 11.6. The van der Waals surface area contributed by atoms with Gasteiger partial charge in [-0.1, -0.05) is 103 Å². The molecule has 0 aliphatic carbocycles. The van der Waals surface area contributed by atoms with Crippen molar-refractivity contribution < 1.29 is 14.6 Å². The van der Waals surface area contributed by atoms with Gasteiger partial charge in [-0.2, -0.15) is 0 Å². The third kappa shape index (κ3) is 9.14. The van der Waals surface area contributed by atoms with Crippen molar-refractivity contribution in [2.75, 3.05) is 19.8 Å². The lowest BCUT2D eigenvalue weighted by Crippen LogP contribution is -2.28. The molecule has 5 heteroatoms. The van der Waals surface area contributed by atoms with E-state index < -0.39 is 6.10 Å². The number of aliphatic hydroxyl groups is 1. The monoisotopic (exact) mass is 503 g/mol. The Morgan fingerprint density at radius 1 is 0.639 bits per heavy atom. The summed E-state index contributed by atoms with van der Waals surface area (Å²) in [5, 5.41) is 11.1. The molecular weight excluding hydrogens is 470 g/mol. The Morgan fingerprint density at radius 2 is 1.19 bits per heavy atom. The smallest absolute Gasteiger partial charge is 0.119 e. The van der Waals surface area contributed by atoms with Gasteiger partial charge < -0.3 is 14.6 Å². The molecule has 4 rings (SSSR count). The second-order valence-electron chi connectivity index (χ2n) is 8.62. The maximum absolute atomic E-state index is 11.1. The largest absolute Gasteiger partial charge is 0.491 e. The van der Waals surface area contributed by atoms with E-state index in [1.807, 2.05) is 66.7 Å². The summed E-state index contributed by atoms with van der Waals surface area (Å²) < 4.78 is 11.6. The van der Waals surface area contributed by atoms with Gasteiger partial charge >= 0.3 is 0 Å². The first-order valence-corrected chi connectivity index (χ1v) is 12.1. The average molecular weight is 504 g/mol. The van der Waals surface area contributed by atoms with Gasteiger partial charge in [-0.3, -0.25) is 4.90 Å². The Bertz CT molecular complexity index is 1080. The summed E-state index contributed by atoms with van der Waals surface area (Å²) >= 11 is 0. The molecule has 1 atom stereocenters. The van der Waals surface area contributed by atoms with E-state index in [0.717, 1.165) is 30.0 Å². The van der Waals surface area contributed by atoms with Gasteiger partial charge in [0.15, 0.2) is 0 Å². The lowest BCUT2D eigenvalue weighted by atomic mass is 10.1. The van der Waals surface area contributed by atoms with E-state index in [2.05, 4.69) is 53.4 Å². The third-order valence-corrected chi connectivity index (χ3v) is 5.78. The standard InChI is InChI=1S/C31H33NO3.ClH/c33-31(24-32(22-26-11-4-1-5-12-26)23-27-13-6-2-7-14-27)29-17-10-18-30(21-29)35-20-19-34-25-28-15-8-3-9-16-28;/h1-18,21,31,33H,19-20,22-25H2;1H/t31-;/m1./s1. The molecule has 0 radical (unpaired) electrons. The Hall–Kier alpha value is -3.15. The molecule has 36 heavy (non-hydrogen) atoms. The number of nitrogens with zero attached hydrogens (tertiary/aromatic N) is 1. The summed E-state index contributed by atoms with van der Waals surface area (Å²) in [5.41, 5.74) is 4.44. The van der Waals surface area contributed by atoms with Crippen molar-refractivity contribution in [2.24, 2.45) is 0 Å². The minimum Gasteiger partial charge on any atom is -0.491 e. The van der Waals surface area contributed by atoms with Gasteiger partial charge in [0, 0.05) is 19.6 Å². The maximum Gasteiger partial charge on any atom is 0.119 e. The van der Waals surface area contributed by atoms with Crippen LogP contribution in [-0.4, -0.2) is 29.8 Å². The first kappa shape index (κ1) is 27.4. The van der Waals surface area contributed by atoms with E-state index in [-0.39, 0.29) is 12.4 Å². The molecule has 0 spiro atoms. The van der Waals surface area contributed by atoms with Crippen molar-refractivity contribution in [1.29, 1.82) is 0 Å². The summed E-state index contributed by atoms with van der Waals surface area (Å²) in [6.45, 7) is 3.59. The zero-order chi connectivity index (χ0) is 24.1. The molecule has 0 aliphatic rings. The zero-order valence-corrected chi connectivity index (χ0v) is 21.2.